The summed E-state index contributed by atoms with van der Waals surface area (Å²) >= 11 is 0. The van der Waals surface area contributed by atoms with Gasteiger partial charge < -0.3 is 15.7 Å². The van der Waals surface area contributed by atoms with Gasteiger partial charge >= 0.3 is 6.09 Å². The zero-order valence-corrected chi connectivity index (χ0v) is 21.6. The van der Waals surface area contributed by atoms with Crippen LogP contribution in [-0.2, 0) is 16.0 Å². The van der Waals surface area contributed by atoms with Crippen molar-refractivity contribution in [1.29, 1.82) is 0 Å². The van der Waals surface area contributed by atoms with Gasteiger partial charge in [0, 0.05) is 31.7 Å². The molecule has 1 aromatic carbocycles. The molecule has 35 heavy (non-hydrogen) atoms. The van der Waals surface area contributed by atoms with Crippen molar-refractivity contribution in [3.05, 3.63) is 35.9 Å². The Morgan fingerprint density at radius 3 is 2.46 bits per heavy atom. The number of nitrogens with one attached hydrogen (secondary N) is 2. The second kappa shape index (κ2) is 12.4. The Balaban J connectivity index is 1.65. The molecule has 3 N–H and O–H groups in total. The van der Waals surface area contributed by atoms with E-state index in [0.29, 0.717) is 37.9 Å². The number of carboxylic acid groups (broad SMARTS) is 1. The van der Waals surface area contributed by atoms with Crippen molar-refractivity contribution in [2.45, 2.75) is 71.5 Å². The third kappa shape index (κ3) is 8.23. The Hall–Kier alpha value is -2.61. The number of likely N-dealkylation sites (tertiary alicyclic amines) is 1. The lowest BCUT2D eigenvalue weighted by atomic mass is 9.96. The summed E-state index contributed by atoms with van der Waals surface area (Å²) in [5.74, 6) is 0.743. The van der Waals surface area contributed by atoms with Crippen LogP contribution in [0.2, 0.25) is 0 Å². The molecule has 1 unspecified atom stereocenters. The molecule has 4 atom stereocenters. The zero-order chi connectivity index (χ0) is 25.5. The number of rotatable bonds is 10. The van der Waals surface area contributed by atoms with Gasteiger partial charge in [0.15, 0.2) is 0 Å². The van der Waals surface area contributed by atoms with Gasteiger partial charge in [-0.15, -0.1) is 0 Å². The Kier molecular flexibility index (Phi) is 9.55. The molecule has 8 heteroatoms. The molecule has 2 aliphatic rings. The van der Waals surface area contributed by atoms with Crippen molar-refractivity contribution in [2.75, 3.05) is 26.2 Å². The summed E-state index contributed by atoms with van der Waals surface area (Å²) in [6.07, 6.45) is 1.91. The van der Waals surface area contributed by atoms with E-state index >= 15 is 0 Å². The fraction of sp³-hybridized carbons (Fsp3) is 0.667. The maximum absolute atomic E-state index is 13.4. The van der Waals surface area contributed by atoms with E-state index in [2.05, 4.69) is 43.2 Å². The quantitative estimate of drug-likeness (QED) is 0.472. The number of hydrogen-bond donors (Lipinski definition) is 3. The zero-order valence-electron chi connectivity index (χ0n) is 21.6. The monoisotopic (exact) mass is 486 g/mol. The number of nitrogens with zero attached hydrogens (tertiary/aromatic N) is 2. The Morgan fingerprint density at radius 2 is 1.83 bits per heavy atom. The third-order valence-electron chi connectivity index (χ3n) is 6.85. The van der Waals surface area contributed by atoms with Crippen LogP contribution in [0.1, 0.15) is 52.5 Å². The molecule has 3 amide bonds. The molecule has 0 bridgehead atoms. The first-order chi connectivity index (χ1) is 16.6. The molecule has 0 aliphatic carbocycles. The van der Waals surface area contributed by atoms with E-state index < -0.39 is 12.1 Å². The van der Waals surface area contributed by atoms with Crippen molar-refractivity contribution in [1.82, 2.24) is 20.4 Å². The van der Waals surface area contributed by atoms with Gasteiger partial charge in [0.2, 0.25) is 11.8 Å². The number of hydrogen-bond acceptors (Lipinski definition) is 4. The Labute approximate surface area is 209 Å². The van der Waals surface area contributed by atoms with E-state index in [-0.39, 0.29) is 29.8 Å². The average Bonchev–Trinajstić information content (AvgIpc) is 3.17. The largest absolute Gasteiger partial charge is 0.465 e. The highest BCUT2D eigenvalue weighted by atomic mass is 16.4. The van der Waals surface area contributed by atoms with E-state index in [4.69, 9.17) is 0 Å². The molecule has 0 spiro atoms. The maximum atomic E-state index is 13.4. The summed E-state index contributed by atoms with van der Waals surface area (Å²) in [6, 6.07) is 9.29. The first kappa shape index (κ1) is 27.0. The predicted octanol–water partition coefficient (Wildman–Crippen LogP) is 2.98. The second-order valence-corrected chi connectivity index (χ2v) is 11.2. The van der Waals surface area contributed by atoms with E-state index in [1.54, 1.807) is 0 Å². The van der Waals surface area contributed by atoms with Crippen molar-refractivity contribution in [3.63, 3.8) is 0 Å². The Morgan fingerprint density at radius 1 is 1.11 bits per heavy atom. The summed E-state index contributed by atoms with van der Waals surface area (Å²) in [6.45, 7) is 10.5. The van der Waals surface area contributed by atoms with Gasteiger partial charge in [0.1, 0.15) is 6.04 Å². The maximum Gasteiger partial charge on any atom is 0.407 e. The first-order valence-corrected chi connectivity index (χ1v) is 13.0. The van der Waals surface area contributed by atoms with Crippen LogP contribution in [0.3, 0.4) is 0 Å². The van der Waals surface area contributed by atoms with Gasteiger partial charge in [-0.2, -0.15) is 0 Å². The number of amides is 3. The first-order valence-electron chi connectivity index (χ1n) is 13.0. The number of carbonyl (C=O) groups excluding carboxylic acids is 2. The molecule has 8 nitrogen and oxygen atoms in total. The van der Waals surface area contributed by atoms with Crippen LogP contribution in [0.15, 0.2) is 30.3 Å². The lowest BCUT2D eigenvalue weighted by Gasteiger charge is -2.36. The summed E-state index contributed by atoms with van der Waals surface area (Å²) < 4.78 is 0. The van der Waals surface area contributed by atoms with Crippen LogP contribution in [-0.4, -0.2) is 77.1 Å². The molecule has 2 saturated heterocycles. The molecule has 1 aromatic rings. The van der Waals surface area contributed by atoms with Gasteiger partial charge in [-0.05, 0) is 49.0 Å². The summed E-state index contributed by atoms with van der Waals surface area (Å²) in [5, 5.41) is 16.0. The topological polar surface area (TPSA) is 102 Å². The van der Waals surface area contributed by atoms with E-state index in [9.17, 15) is 19.5 Å². The predicted molar refractivity (Wildman–Crippen MR) is 136 cm³/mol. The molecule has 3 rings (SSSR count). The molecule has 0 aromatic heterocycles. The molecular weight excluding hydrogens is 444 g/mol. The summed E-state index contributed by atoms with van der Waals surface area (Å²) in [7, 11) is 0. The van der Waals surface area contributed by atoms with E-state index in [1.807, 2.05) is 30.3 Å². The van der Waals surface area contributed by atoms with Crippen LogP contribution in [0.4, 0.5) is 4.79 Å². The second-order valence-electron chi connectivity index (χ2n) is 11.2. The van der Waals surface area contributed by atoms with Crippen LogP contribution >= 0.6 is 0 Å². The summed E-state index contributed by atoms with van der Waals surface area (Å²) in [4.78, 5) is 41.0. The highest BCUT2D eigenvalue weighted by molar-refractivity contribution is 5.86. The Bertz CT molecular complexity index is 860. The smallest absolute Gasteiger partial charge is 0.407 e. The minimum atomic E-state index is -1.05. The highest BCUT2D eigenvalue weighted by Crippen LogP contribution is 2.27. The van der Waals surface area contributed by atoms with E-state index in [1.165, 1.54) is 4.90 Å². The molecule has 2 fully saturated rings. The third-order valence-corrected chi connectivity index (χ3v) is 6.85. The molecule has 194 valence electrons. The van der Waals surface area contributed by atoms with E-state index in [0.717, 1.165) is 31.4 Å². The SMILES string of the molecule is CC(C)C[C@@H]1CN(C[C@@H](CC(C)C)NC(=O)[C@@H]2CC(Cc3ccccc3)CN2C(=O)O)CC(=O)N1. The van der Waals surface area contributed by atoms with Gasteiger partial charge in [0.25, 0.3) is 0 Å². The summed E-state index contributed by atoms with van der Waals surface area (Å²) in [5.41, 5.74) is 1.15. The van der Waals surface area contributed by atoms with Crippen LogP contribution in [0, 0.1) is 17.8 Å². The highest BCUT2D eigenvalue weighted by Gasteiger charge is 2.40. The van der Waals surface area contributed by atoms with Crippen LogP contribution in [0.25, 0.3) is 0 Å². The van der Waals surface area contributed by atoms with Gasteiger partial charge in [-0.25, -0.2) is 4.79 Å². The molecular formula is C27H42N4O4. The fourth-order valence-corrected chi connectivity index (χ4v) is 5.58. The molecule has 0 radical (unpaired) electrons. The van der Waals surface area contributed by atoms with Crippen molar-refractivity contribution in [3.8, 4) is 0 Å². The van der Waals surface area contributed by atoms with Crippen molar-refractivity contribution >= 4 is 17.9 Å². The van der Waals surface area contributed by atoms with Crippen LogP contribution in [0.5, 0.6) is 0 Å². The van der Waals surface area contributed by atoms with Gasteiger partial charge in [-0.3, -0.25) is 19.4 Å². The lowest BCUT2D eigenvalue weighted by Crippen LogP contribution is -2.58. The standard InChI is InChI=1S/C27H42N4O4/c1-18(2)10-22-15-30(17-25(32)28-22)16-23(11-19(3)4)29-26(33)24-13-21(14-31(24)27(34)35)12-20-8-6-5-7-9-20/h5-9,18-19,21-24H,10-17H2,1-4H3,(H,28,32)(H,29,33)(H,34,35)/t21?,22-,23-,24+/m1/s1. The minimum Gasteiger partial charge on any atom is -0.465 e. The fourth-order valence-electron chi connectivity index (χ4n) is 5.58. The number of benzene rings is 1. The lowest BCUT2D eigenvalue weighted by molar-refractivity contribution is -0.126. The van der Waals surface area contributed by atoms with Crippen molar-refractivity contribution in [2.24, 2.45) is 17.8 Å². The molecule has 0 saturated carbocycles. The normalized spacial score (nSPS) is 24.0. The molecule has 2 heterocycles. The number of piperazine rings is 1. The van der Waals surface area contributed by atoms with Crippen LogP contribution < -0.4 is 10.6 Å². The molecule has 2 aliphatic heterocycles. The number of carbonyl (C=O) groups is 3. The van der Waals surface area contributed by atoms with Gasteiger partial charge in [0.05, 0.1) is 6.54 Å². The van der Waals surface area contributed by atoms with Crippen molar-refractivity contribution < 1.29 is 19.5 Å². The van der Waals surface area contributed by atoms with Gasteiger partial charge in [-0.1, -0.05) is 58.0 Å². The minimum absolute atomic E-state index is 0.0214. The average molecular weight is 487 g/mol.